The molecule has 0 saturated carbocycles. The van der Waals surface area contributed by atoms with E-state index in [2.05, 4.69) is 39.8 Å². The SMILES string of the molecule is CCCC=CO[Si](CCC)(CCC)OC=CCCC. The molecule has 0 rings (SSSR count). The largest absolute Gasteiger partial charge is 0.519 e. The van der Waals surface area contributed by atoms with E-state index in [1.165, 1.54) is 0 Å². The van der Waals surface area contributed by atoms with Crippen molar-refractivity contribution in [3.63, 3.8) is 0 Å². The van der Waals surface area contributed by atoms with Gasteiger partial charge in [-0.05, 0) is 12.8 Å². The van der Waals surface area contributed by atoms with Gasteiger partial charge in [-0.1, -0.05) is 65.5 Å². The number of unbranched alkanes of at least 4 members (excludes halogenated alkanes) is 2. The van der Waals surface area contributed by atoms with Crippen LogP contribution in [-0.2, 0) is 8.85 Å². The molecule has 3 heteroatoms. The second kappa shape index (κ2) is 12.3. The molecule has 0 aromatic heterocycles. The van der Waals surface area contributed by atoms with Gasteiger partial charge in [0.05, 0.1) is 12.5 Å². The third-order valence-corrected chi connectivity index (χ3v) is 6.59. The summed E-state index contributed by atoms with van der Waals surface area (Å²) in [5.74, 6) is 0. The second-order valence-corrected chi connectivity index (χ2v) is 8.26. The average molecular weight is 285 g/mol. The summed E-state index contributed by atoms with van der Waals surface area (Å²) < 4.78 is 12.2. The number of allylic oxidation sites excluding steroid dienone is 2. The van der Waals surface area contributed by atoms with Crippen molar-refractivity contribution in [3.8, 4) is 0 Å². The van der Waals surface area contributed by atoms with Crippen molar-refractivity contribution in [2.45, 2.75) is 78.3 Å². The van der Waals surface area contributed by atoms with Crippen molar-refractivity contribution in [3.05, 3.63) is 24.7 Å². The van der Waals surface area contributed by atoms with Crippen LogP contribution in [0.4, 0.5) is 0 Å². The van der Waals surface area contributed by atoms with Crippen LogP contribution in [-0.4, -0.2) is 8.56 Å². The van der Waals surface area contributed by atoms with Crippen molar-refractivity contribution in [2.75, 3.05) is 0 Å². The van der Waals surface area contributed by atoms with E-state index in [-0.39, 0.29) is 0 Å². The number of rotatable bonds is 12. The molecule has 19 heavy (non-hydrogen) atoms. The number of hydrogen-bond acceptors (Lipinski definition) is 2. The molecular weight excluding hydrogens is 252 g/mol. The van der Waals surface area contributed by atoms with Gasteiger partial charge in [-0.25, -0.2) is 0 Å². The lowest BCUT2D eigenvalue weighted by molar-refractivity contribution is 0.297. The first-order valence-electron chi connectivity index (χ1n) is 7.90. The molecule has 0 heterocycles. The predicted octanol–water partition coefficient (Wildman–Crippen LogP) is 5.91. The van der Waals surface area contributed by atoms with Crippen LogP contribution >= 0.6 is 0 Å². The van der Waals surface area contributed by atoms with Crippen molar-refractivity contribution in [1.29, 1.82) is 0 Å². The molecule has 0 aromatic rings. The molecule has 0 bridgehead atoms. The molecule has 0 N–H and O–H groups in total. The molecule has 0 aliphatic carbocycles. The predicted molar refractivity (Wildman–Crippen MR) is 86.2 cm³/mol. The Labute approximate surface area is 121 Å². The minimum absolute atomic E-state index is 1.06. The standard InChI is InChI=1S/C16H32O2Si/c1-5-9-11-13-17-19(15-7-3,16-8-4)18-14-12-10-6-2/h11-14H,5-10,15-16H2,1-4H3. The molecule has 0 spiro atoms. The molecule has 0 radical (unpaired) electrons. The van der Waals surface area contributed by atoms with Crippen LogP contribution in [0.15, 0.2) is 24.7 Å². The fourth-order valence-electron chi connectivity index (χ4n) is 1.96. The van der Waals surface area contributed by atoms with E-state index in [9.17, 15) is 0 Å². The van der Waals surface area contributed by atoms with Gasteiger partial charge in [0.15, 0.2) is 0 Å². The fraction of sp³-hybridized carbons (Fsp3) is 0.750. The summed E-state index contributed by atoms with van der Waals surface area (Å²) in [6.07, 6.45) is 14.7. The van der Waals surface area contributed by atoms with E-state index in [1.807, 2.05) is 12.5 Å². The quantitative estimate of drug-likeness (QED) is 0.327. The van der Waals surface area contributed by atoms with Gasteiger partial charge in [-0.15, -0.1) is 0 Å². The van der Waals surface area contributed by atoms with E-state index in [0.29, 0.717) is 0 Å². The van der Waals surface area contributed by atoms with E-state index in [4.69, 9.17) is 8.85 Å². The zero-order valence-corrected chi connectivity index (χ0v) is 14.3. The smallest absolute Gasteiger partial charge is 0.459 e. The first-order valence-corrected chi connectivity index (χ1v) is 10.1. The minimum atomic E-state index is -2.07. The summed E-state index contributed by atoms with van der Waals surface area (Å²) >= 11 is 0. The summed E-state index contributed by atoms with van der Waals surface area (Å²) in [4.78, 5) is 0. The average Bonchev–Trinajstić information content (AvgIpc) is 2.41. The molecule has 0 unspecified atom stereocenters. The maximum Gasteiger partial charge on any atom is 0.459 e. The Kier molecular flexibility index (Phi) is 11.9. The molecule has 0 fully saturated rings. The van der Waals surface area contributed by atoms with Crippen molar-refractivity contribution in [1.82, 2.24) is 0 Å². The summed E-state index contributed by atoms with van der Waals surface area (Å²) in [6.45, 7) is 8.76. The maximum absolute atomic E-state index is 6.08. The van der Waals surface area contributed by atoms with Gasteiger partial charge in [0.1, 0.15) is 0 Å². The molecule has 0 saturated heterocycles. The Morgan fingerprint density at radius 3 is 1.42 bits per heavy atom. The molecule has 0 atom stereocenters. The molecular formula is C16H32O2Si. The fourth-order valence-corrected chi connectivity index (χ4v) is 4.95. The van der Waals surface area contributed by atoms with Gasteiger partial charge in [-0.2, -0.15) is 0 Å². The lowest BCUT2D eigenvalue weighted by Crippen LogP contribution is -2.38. The zero-order chi connectivity index (χ0) is 14.4. The molecule has 2 nitrogen and oxygen atoms in total. The van der Waals surface area contributed by atoms with Crippen LogP contribution in [0.25, 0.3) is 0 Å². The van der Waals surface area contributed by atoms with E-state index in [1.54, 1.807) is 0 Å². The maximum atomic E-state index is 6.08. The van der Waals surface area contributed by atoms with Crippen LogP contribution < -0.4 is 0 Å². The highest BCUT2D eigenvalue weighted by Crippen LogP contribution is 2.24. The summed E-state index contributed by atoms with van der Waals surface area (Å²) in [5, 5.41) is 0. The Bertz CT molecular complexity index is 223. The minimum Gasteiger partial charge on any atom is -0.519 e. The Hall–Kier alpha value is -0.703. The highest BCUT2D eigenvalue weighted by molar-refractivity contribution is 6.67. The second-order valence-electron chi connectivity index (χ2n) is 4.97. The highest BCUT2D eigenvalue weighted by Gasteiger charge is 2.37. The van der Waals surface area contributed by atoms with Gasteiger partial charge in [-0.3, -0.25) is 0 Å². The van der Waals surface area contributed by atoms with Crippen LogP contribution in [0.3, 0.4) is 0 Å². The molecule has 112 valence electrons. The van der Waals surface area contributed by atoms with Crippen LogP contribution in [0.2, 0.25) is 12.1 Å². The van der Waals surface area contributed by atoms with E-state index < -0.39 is 8.56 Å². The highest BCUT2D eigenvalue weighted by atomic mass is 28.4. The van der Waals surface area contributed by atoms with Crippen molar-refractivity contribution >= 4 is 8.56 Å². The Morgan fingerprint density at radius 2 is 1.11 bits per heavy atom. The molecule has 0 aliphatic rings. The number of hydrogen-bond donors (Lipinski definition) is 0. The van der Waals surface area contributed by atoms with Gasteiger partial charge in [0.25, 0.3) is 0 Å². The van der Waals surface area contributed by atoms with E-state index >= 15 is 0 Å². The van der Waals surface area contributed by atoms with E-state index in [0.717, 1.165) is 50.6 Å². The van der Waals surface area contributed by atoms with Crippen LogP contribution in [0.5, 0.6) is 0 Å². The molecule has 0 amide bonds. The normalized spacial score (nSPS) is 12.4. The lowest BCUT2D eigenvalue weighted by Gasteiger charge is -2.28. The van der Waals surface area contributed by atoms with Crippen molar-refractivity contribution in [2.24, 2.45) is 0 Å². The van der Waals surface area contributed by atoms with Gasteiger partial charge in [0.2, 0.25) is 0 Å². The third kappa shape index (κ3) is 8.92. The van der Waals surface area contributed by atoms with Crippen LogP contribution in [0, 0.1) is 0 Å². The summed E-state index contributed by atoms with van der Waals surface area (Å²) in [7, 11) is -2.07. The van der Waals surface area contributed by atoms with Gasteiger partial charge < -0.3 is 8.85 Å². The molecule has 0 aromatic carbocycles. The molecule has 0 aliphatic heterocycles. The zero-order valence-electron chi connectivity index (χ0n) is 13.3. The lowest BCUT2D eigenvalue weighted by atomic mass is 10.3. The summed E-state index contributed by atoms with van der Waals surface area (Å²) in [6, 6.07) is 2.13. The Morgan fingerprint density at radius 1 is 0.684 bits per heavy atom. The first kappa shape index (κ1) is 18.3. The first-order chi connectivity index (χ1) is 9.24. The van der Waals surface area contributed by atoms with Crippen LogP contribution in [0.1, 0.15) is 66.2 Å². The Balaban J connectivity index is 4.55. The summed E-state index contributed by atoms with van der Waals surface area (Å²) in [5.41, 5.74) is 0. The van der Waals surface area contributed by atoms with Crippen molar-refractivity contribution < 1.29 is 8.85 Å². The third-order valence-electron chi connectivity index (χ3n) is 2.93. The van der Waals surface area contributed by atoms with Gasteiger partial charge in [0, 0.05) is 12.1 Å². The van der Waals surface area contributed by atoms with Gasteiger partial charge >= 0.3 is 8.56 Å². The topological polar surface area (TPSA) is 18.5 Å². The monoisotopic (exact) mass is 284 g/mol.